The van der Waals surface area contributed by atoms with Gasteiger partial charge in [0.2, 0.25) is 10.0 Å². The monoisotopic (exact) mass is 430 g/mol. The van der Waals surface area contributed by atoms with Crippen molar-refractivity contribution in [1.82, 2.24) is 4.31 Å². The van der Waals surface area contributed by atoms with Gasteiger partial charge < -0.3 is 10.1 Å². The number of anilines is 1. The number of sulfonamides is 1. The highest BCUT2D eigenvalue weighted by molar-refractivity contribution is 7.89. The van der Waals surface area contributed by atoms with E-state index < -0.39 is 21.9 Å². The van der Waals surface area contributed by atoms with Crippen LogP contribution in [0.4, 0.5) is 5.69 Å². The quantitative estimate of drug-likeness (QED) is 0.679. The zero-order chi connectivity index (χ0) is 20.2. The number of amides is 1. The van der Waals surface area contributed by atoms with Gasteiger partial charge in [0.05, 0.1) is 17.8 Å². The molecule has 1 aromatic heterocycles. The van der Waals surface area contributed by atoms with E-state index in [2.05, 4.69) is 10.1 Å². The molecule has 10 heteroatoms. The highest BCUT2D eigenvalue weighted by Gasteiger charge is 2.26. The van der Waals surface area contributed by atoms with Gasteiger partial charge in [0, 0.05) is 18.7 Å². The summed E-state index contributed by atoms with van der Waals surface area (Å²) in [4.78, 5) is 24.4. The molecule has 2 rings (SSSR count). The molecular weight excluding hydrogens is 412 g/mol. The maximum Gasteiger partial charge on any atom is 0.350 e. The van der Waals surface area contributed by atoms with E-state index in [1.807, 2.05) is 0 Å². The molecule has 0 unspecified atom stereocenters. The summed E-state index contributed by atoms with van der Waals surface area (Å²) in [6, 6.07) is 5.58. The number of methoxy groups -OCH3 is 1. The standard InChI is InChI=1S/C17H19ClN2O5S2/c1-4-20(5-2)27(23,24)14-10-11(6-7-12(14)18)16(21)19-13-8-9-26-15(13)17(22)25-3/h6-10H,4-5H2,1-3H3,(H,19,21). The van der Waals surface area contributed by atoms with Gasteiger partial charge in [0.15, 0.2) is 0 Å². The number of halogens is 1. The molecule has 0 fully saturated rings. The number of nitrogens with one attached hydrogen (secondary N) is 1. The molecule has 0 aliphatic rings. The molecule has 1 N–H and O–H groups in total. The van der Waals surface area contributed by atoms with Crippen LogP contribution in [0, 0.1) is 0 Å². The molecule has 0 bridgehead atoms. The molecule has 27 heavy (non-hydrogen) atoms. The predicted octanol–water partition coefficient (Wildman–Crippen LogP) is 3.47. The van der Waals surface area contributed by atoms with Gasteiger partial charge in [0.1, 0.15) is 9.77 Å². The molecule has 146 valence electrons. The van der Waals surface area contributed by atoms with Crippen molar-refractivity contribution in [1.29, 1.82) is 0 Å². The Labute approximate surface area is 166 Å². The van der Waals surface area contributed by atoms with Crippen LogP contribution in [-0.2, 0) is 14.8 Å². The lowest BCUT2D eigenvalue weighted by Crippen LogP contribution is -2.31. The van der Waals surface area contributed by atoms with Crippen LogP contribution in [-0.4, -0.2) is 44.8 Å². The Morgan fingerprint density at radius 2 is 1.89 bits per heavy atom. The first-order chi connectivity index (χ1) is 12.8. The van der Waals surface area contributed by atoms with E-state index in [-0.39, 0.29) is 33.4 Å². The summed E-state index contributed by atoms with van der Waals surface area (Å²) in [6.07, 6.45) is 0. The Balaban J connectivity index is 2.37. The summed E-state index contributed by atoms with van der Waals surface area (Å²) in [5.41, 5.74) is 0.395. The first-order valence-electron chi connectivity index (χ1n) is 8.03. The van der Waals surface area contributed by atoms with Crippen LogP contribution in [0.25, 0.3) is 0 Å². The van der Waals surface area contributed by atoms with Crippen molar-refractivity contribution in [2.24, 2.45) is 0 Å². The van der Waals surface area contributed by atoms with Crippen molar-refractivity contribution in [2.45, 2.75) is 18.7 Å². The Bertz CT molecular complexity index is 952. The molecule has 0 spiro atoms. The van der Waals surface area contributed by atoms with Gasteiger partial charge in [-0.1, -0.05) is 25.4 Å². The summed E-state index contributed by atoms with van der Waals surface area (Å²) in [5.74, 6) is -1.13. The summed E-state index contributed by atoms with van der Waals surface area (Å²) in [7, 11) is -2.58. The SMILES string of the molecule is CCN(CC)S(=O)(=O)c1cc(C(=O)Nc2ccsc2C(=O)OC)ccc1Cl. The number of hydrogen-bond acceptors (Lipinski definition) is 6. The van der Waals surface area contributed by atoms with Crippen molar-refractivity contribution >= 4 is 50.5 Å². The number of benzene rings is 1. The van der Waals surface area contributed by atoms with Gasteiger partial charge in [-0.05, 0) is 29.6 Å². The molecule has 0 aliphatic carbocycles. The number of hydrogen-bond donors (Lipinski definition) is 1. The molecule has 7 nitrogen and oxygen atoms in total. The van der Waals surface area contributed by atoms with E-state index in [0.717, 1.165) is 11.3 Å². The van der Waals surface area contributed by atoms with Crippen LogP contribution in [0.1, 0.15) is 33.9 Å². The summed E-state index contributed by atoms with van der Waals surface area (Å²) < 4.78 is 31.4. The number of nitrogens with zero attached hydrogens (tertiary/aromatic N) is 1. The zero-order valence-electron chi connectivity index (χ0n) is 15.0. The van der Waals surface area contributed by atoms with Crippen molar-refractivity contribution in [3.63, 3.8) is 0 Å². The minimum atomic E-state index is -3.83. The van der Waals surface area contributed by atoms with Crippen molar-refractivity contribution in [3.05, 3.63) is 45.1 Å². The minimum Gasteiger partial charge on any atom is -0.465 e. The molecular formula is C17H19ClN2O5S2. The van der Waals surface area contributed by atoms with E-state index in [9.17, 15) is 18.0 Å². The van der Waals surface area contributed by atoms with Crippen molar-refractivity contribution < 1.29 is 22.7 Å². The maximum absolute atomic E-state index is 12.7. The molecule has 0 radical (unpaired) electrons. The average Bonchev–Trinajstić information content (AvgIpc) is 3.10. The second kappa shape index (κ2) is 8.83. The Morgan fingerprint density at radius 3 is 2.48 bits per heavy atom. The van der Waals surface area contributed by atoms with Crippen LogP contribution >= 0.6 is 22.9 Å². The summed E-state index contributed by atoms with van der Waals surface area (Å²) in [5, 5.41) is 4.27. The molecule has 1 aromatic carbocycles. The summed E-state index contributed by atoms with van der Waals surface area (Å²) >= 11 is 7.20. The lowest BCUT2D eigenvalue weighted by molar-refractivity contribution is 0.0607. The Kier molecular flexibility index (Phi) is 6.99. The van der Waals surface area contributed by atoms with Crippen LogP contribution in [0.3, 0.4) is 0 Å². The first kappa shape index (κ1) is 21.4. The van der Waals surface area contributed by atoms with Gasteiger partial charge in [-0.3, -0.25) is 4.79 Å². The fourth-order valence-electron chi connectivity index (χ4n) is 2.40. The van der Waals surface area contributed by atoms with Gasteiger partial charge in [0.25, 0.3) is 5.91 Å². The van der Waals surface area contributed by atoms with E-state index in [4.69, 9.17) is 11.6 Å². The fraction of sp³-hybridized carbons (Fsp3) is 0.294. The van der Waals surface area contributed by atoms with E-state index >= 15 is 0 Å². The number of thiophene rings is 1. The molecule has 0 saturated heterocycles. The third-order valence-corrected chi connectivity index (χ3v) is 7.23. The van der Waals surface area contributed by atoms with E-state index in [1.165, 1.54) is 29.6 Å². The number of carbonyl (C=O) groups is 2. The maximum atomic E-state index is 12.7. The van der Waals surface area contributed by atoms with Crippen molar-refractivity contribution in [2.75, 3.05) is 25.5 Å². The fourth-order valence-corrected chi connectivity index (χ4v) is 5.12. The van der Waals surface area contributed by atoms with Gasteiger partial charge in [-0.2, -0.15) is 4.31 Å². The summed E-state index contributed by atoms with van der Waals surface area (Å²) in [6.45, 7) is 4.00. The topological polar surface area (TPSA) is 92.8 Å². The largest absolute Gasteiger partial charge is 0.465 e. The third-order valence-electron chi connectivity index (χ3n) is 3.80. The smallest absolute Gasteiger partial charge is 0.350 e. The Hall–Kier alpha value is -1.94. The molecule has 0 atom stereocenters. The molecule has 0 saturated carbocycles. The Morgan fingerprint density at radius 1 is 1.22 bits per heavy atom. The molecule has 1 amide bonds. The number of esters is 1. The molecule has 0 aliphatic heterocycles. The van der Waals surface area contributed by atoms with Crippen LogP contribution in [0.15, 0.2) is 34.5 Å². The van der Waals surface area contributed by atoms with Crippen LogP contribution < -0.4 is 5.32 Å². The molecule has 1 heterocycles. The van der Waals surface area contributed by atoms with E-state index in [0.29, 0.717) is 5.69 Å². The van der Waals surface area contributed by atoms with E-state index in [1.54, 1.807) is 25.3 Å². The number of ether oxygens (including phenoxy) is 1. The number of rotatable bonds is 7. The van der Waals surface area contributed by atoms with Crippen LogP contribution in [0.2, 0.25) is 5.02 Å². The highest BCUT2D eigenvalue weighted by Crippen LogP contribution is 2.27. The normalized spacial score (nSPS) is 11.4. The third kappa shape index (κ3) is 4.49. The lowest BCUT2D eigenvalue weighted by atomic mass is 10.2. The predicted molar refractivity (Wildman–Crippen MR) is 105 cm³/mol. The minimum absolute atomic E-state index is 0.0317. The lowest BCUT2D eigenvalue weighted by Gasteiger charge is -2.19. The average molecular weight is 431 g/mol. The van der Waals surface area contributed by atoms with Crippen molar-refractivity contribution in [3.8, 4) is 0 Å². The highest BCUT2D eigenvalue weighted by atomic mass is 35.5. The van der Waals surface area contributed by atoms with Gasteiger partial charge in [-0.15, -0.1) is 11.3 Å². The van der Waals surface area contributed by atoms with Crippen LogP contribution in [0.5, 0.6) is 0 Å². The second-order valence-corrected chi connectivity index (χ2v) is 8.57. The first-order valence-corrected chi connectivity index (χ1v) is 10.7. The second-order valence-electron chi connectivity index (χ2n) is 5.34. The molecule has 2 aromatic rings. The zero-order valence-corrected chi connectivity index (χ0v) is 17.4. The van der Waals surface area contributed by atoms with Gasteiger partial charge in [-0.25, -0.2) is 13.2 Å². The van der Waals surface area contributed by atoms with Gasteiger partial charge >= 0.3 is 5.97 Å². The number of carbonyl (C=O) groups excluding carboxylic acids is 2.